The molecule has 104 valence electrons. The van der Waals surface area contributed by atoms with Crippen LogP contribution in [-0.4, -0.2) is 36.0 Å². The summed E-state index contributed by atoms with van der Waals surface area (Å²) in [5.74, 6) is 0.0731. The molecule has 3 N–H and O–H groups in total. The lowest BCUT2D eigenvalue weighted by atomic mass is 9.96. The van der Waals surface area contributed by atoms with Gasteiger partial charge in [-0.15, -0.1) is 0 Å². The largest absolute Gasteiger partial charge is 0.353 e. The van der Waals surface area contributed by atoms with Gasteiger partial charge in [-0.2, -0.15) is 0 Å². The van der Waals surface area contributed by atoms with Gasteiger partial charge in [-0.3, -0.25) is 9.69 Å². The first-order valence-corrected chi connectivity index (χ1v) is 7.35. The van der Waals surface area contributed by atoms with Crippen molar-refractivity contribution in [1.82, 2.24) is 10.2 Å². The first kappa shape index (κ1) is 14.5. The molecule has 5 heteroatoms. The summed E-state index contributed by atoms with van der Waals surface area (Å²) in [5.41, 5.74) is 7.32. The van der Waals surface area contributed by atoms with Crippen LogP contribution >= 0.6 is 15.9 Å². The third-order valence-corrected chi connectivity index (χ3v) is 4.35. The number of piperazine rings is 1. The Balaban J connectivity index is 2.35. The SMILES string of the molecule is CC(N)C(c1ccccc1Br)N1CCNC(=O)C1C. The summed E-state index contributed by atoms with van der Waals surface area (Å²) in [6.45, 7) is 5.42. The van der Waals surface area contributed by atoms with E-state index in [0.717, 1.165) is 16.6 Å². The van der Waals surface area contributed by atoms with Crippen molar-refractivity contribution in [2.45, 2.75) is 32.0 Å². The van der Waals surface area contributed by atoms with Crippen LogP contribution < -0.4 is 11.1 Å². The van der Waals surface area contributed by atoms with Crippen LogP contribution in [0.4, 0.5) is 0 Å². The van der Waals surface area contributed by atoms with Gasteiger partial charge in [0.1, 0.15) is 0 Å². The van der Waals surface area contributed by atoms with Crippen LogP contribution in [0.15, 0.2) is 28.7 Å². The molecule has 3 atom stereocenters. The average molecular weight is 326 g/mol. The highest BCUT2D eigenvalue weighted by Gasteiger charge is 2.34. The maximum Gasteiger partial charge on any atom is 0.237 e. The molecule has 0 bridgehead atoms. The Labute approximate surface area is 122 Å². The molecule has 19 heavy (non-hydrogen) atoms. The van der Waals surface area contributed by atoms with Gasteiger partial charge in [0.05, 0.1) is 12.1 Å². The van der Waals surface area contributed by atoms with Gasteiger partial charge in [0, 0.05) is 23.6 Å². The van der Waals surface area contributed by atoms with E-state index in [1.165, 1.54) is 0 Å². The van der Waals surface area contributed by atoms with Crippen molar-refractivity contribution >= 4 is 21.8 Å². The number of carbonyl (C=O) groups is 1. The average Bonchev–Trinajstić information content (AvgIpc) is 2.37. The van der Waals surface area contributed by atoms with Gasteiger partial charge < -0.3 is 11.1 Å². The Morgan fingerprint density at radius 3 is 2.79 bits per heavy atom. The van der Waals surface area contributed by atoms with E-state index < -0.39 is 0 Å². The monoisotopic (exact) mass is 325 g/mol. The number of amides is 1. The predicted molar refractivity (Wildman–Crippen MR) is 79.7 cm³/mol. The van der Waals surface area contributed by atoms with Gasteiger partial charge in [0.2, 0.25) is 5.91 Å². The molecule has 0 spiro atoms. The molecular weight excluding hydrogens is 306 g/mol. The molecule has 0 aromatic heterocycles. The molecule has 4 nitrogen and oxygen atoms in total. The molecule has 1 saturated heterocycles. The van der Waals surface area contributed by atoms with E-state index in [4.69, 9.17) is 5.73 Å². The number of nitrogens with two attached hydrogens (primary N) is 1. The molecule has 0 saturated carbocycles. The van der Waals surface area contributed by atoms with Crippen molar-refractivity contribution in [3.05, 3.63) is 34.3 Å². The summed E-state index contributed by atoms with van der Waals surface area (Å²) in [4.78, 5) is 14.0. The second kappa shape index (κ2) is 6.03. The normalized spacial score (nSPS) is 23.8. The summed E-state index contributed by atoms with van der Waals surface area (Å²) in [7, 11) is 0. The fourth-order valence-electron chi connectivity index (χ4n) is 2.66. The molecule has 1 aliphatic rings. The number of hydrogen-bond donors (Lipinski definition) is 2. The quantitative estimate of drug-likeness (QED) is 0.888. The number of halogens is 1. The molecular formula is C14H20BrN3O. The third-order valence-electron chi connectivity index (χ3n) is 3.63. The molecule has 1 heterocycles. The lowest BCUT2D eigenvalue weighted by Crippen LogP contribution is -2.57. The van der Waals surface area contributed by atoms with Crippen molar-refractivity contribution in [2.75, 3.05) is 13.1 Å². The second-order valence-electron chi connectivity index (χ2n) is 5.03. The zero-order valence-electron chi connectivity index (χ0n) is 11.3. The van der Waals surface area contributed by atoms with Gasteiger partial charge in [0.15, 0.2) is 0 Å². The van der Waals surface area contributed by atoms with E-state index >= 15 is 0 Å². The van der Waals surface area contributed by atoms with E-state index in [1.807, 2.05) is 32.0 Å². The Bertz CT molecular complexity index is 464. The maximum atomic E-state index is 11.8. The molecule has 1 aromatic rings. The highest BCUT2D eigenvalue weighted by molar-refractivity contribution is 9.10. The zero-order chi connectivity index (χ0) is 14.0. The number of benzene rings is 1. The molecule has 3 unspecified atom stereocenters. The van der Waals surface area contributed by atoms with Crippen molar-refractivity contribution < 1.29 is 4.79 Å². The molecule has 0 radical (unpaired) electrons. The standard InChI is InChI=1S/C14H20BrN3O/c1-9(16)13(11-5-3-4-6-12(11)15)18-8-7-17-14(19)10(18)2/h3-6,9-10,13H,7-8,16H2,1-2H3,(H,17,19). The van der Waals surface area contributed by atoms with Crippen molar-refractivity contribution in [3.63, 3.8) is 0 Å². The first-order chi connectivity index (χ1) is 9.02. The molecule has 1 amide bonds. The van der Waals surface area contributed by atoms with E-state index in [0.29, 0.717) is 6.54 Å². The van der Waals surface area contributed by atoms with Crippen molar-refractivity contribution in [3.8, 4) is 0 Å². The lowest BCUT2D eigenvalue weighted by Gasteiger charge is -2.41. The number of hydrogen-bond acceptors (Lipinski definition) is 3. The third kappa shape index (κ3) is 2.99. The van der Waals surface area contributed by atoms with Gasteiger partial charge in [-0.05, 0) is 25.5 Å². The number of nitrogens with one attached hydrogen (secondary N) is 1. The van der Waals surface area contributed by atoms with E-state index in [2.05, 4.69) is 32.2 Å². The molecule has 1 fully saturated rings. The summed E-state index contributed by atoms with van der Waals surface area (Å²) < 4.78 is 1.04. The zero-order valence-corrected chi connectivity index (χ0v) is 12.9. The number of carbonyl (C=O) groups excluding carboxylic acids is 1. The van der Waals surface area contributed by atoms with E-state index in [-0.39, 0.29) is 24.0 Å². The minimum absolute atomic E-state index is 0.0385. The van der Waals surface area contributed by atoms with Crippen LogP contribution in [0.3, 0.4) is 0 Å². The van der Waals surface area contributed by atoms with Gasteiger partial charge in [-0.25, -0.2) is 0 Å². The van der Waals surface area contributed by atoms with Crippen LogP contribution in [-0.2, 0) is 4.79 Å². The Hall–Kier alpha value is -0.910. The van der Waals surface area contributed by atoms with E-state index in [9.17, 15) is 4.79 Å². The lowest BCUT2D eigenvalue weighted by molar-refractivity contribution is -0.129. The van der Waals surface area contributed by atoms with Crippen LogP contribution in [0, 0.1) is 0 Å². The molecule has 1 aromatic carbocycles. The Morgan fingerprint density at radius 1 is 1.47 bits per heavy atom. The maximum absolute atomic E-state index is 11.8. The minimum Gasteiger partial charge on any atom is -0.353 e. The van der Waals surface area contributed by atoms with Crippen LogP contribution in [0.1, 0.15) is 25.5 Å². The van der Waals surface area contributed by atoms with Gasteiger partial charge in [-0.1, -0.05) is 34.1 Å². The van der Waals surface area contributed by atoms with Crippen LogP contribution in [0.2, 0.25) is 0 Å². The highest BCUT2D eigenvalue weighted by atomic mass is 79.9. The summed E-state index contributed by atoms with van der Waals surface area (Å²) in [5, 5.41) is 2.89. The first-order valence-electron chi connectivity index (χ1n) is 6.56. The molecule has 2 rings (SSSR count). The number of rotatable bonds is 3. The Kier molecular flexibility index (Phi) is 4.60. The fraction of sp³-hybridized carbons (Fsp3) is 0.500. The second-order valence-corrected chi connectivity index (χ2v) is 5.88. The van der Waals surface area contributed by atoms with Crippen LogP contribution in [0.25, 0.3) is 0 Å². The summed E-state index contributed by atoms with van der Waals surface area (Å²) in [6.07, 6.45) is 0. The van der Waals surface area contributed by atoms with Crippen molar-refractivity contribution in [2.24, 2.45) is 5.73 Å². The number of nitrogens with zero attached hydrogens (tertiary/aromatic N) is 1. The van der Waals surface area contributed by atoms with Crippen LogP contribution in [0.5, 0.6) is 0 Å². The Morgan fingerprint density at radius 2 is 2.16 bits per heavy atom. The molecule has 0 aliphatic carbocycles. The predicted octanol–water partition coefficient (Wildman–Crippen LogP) is 1.66. The molecule has 1 aliphatic heterocycles. The van der Waals surface area contributed by atoms with E-state index in [1.54, 1.807) is 0 Å². The van der Waals surface area contributed by atoms with Crippen molar-refractivity contribution in [1.29, 1.82) is 0 Å². The minimum atomic E-state index is -0.156. The summed E-state index contributed by atoms with van der Waals surface area (Å²) >= 11 is 3.58. The summed E-state index contributed by atoms with van der Waals surface area (Å²) in [6, 6.07) is 7.90. The van der Waals surface area contributed by atoms with Gasteiger partial charge in [0.25, 0.3) is 0 Å². The smallest absolute Gasteiger partial charge is 0.237 e. The fourth-order valence-corrected chi connectivity index (χ4v) is 3.18. The van der Waals surface area contributed by atoms with Gasteiger partial charge >= 0.3 is 0 Å². The topological polar surface area (TPSA) is 58.4 Å². The highest BCUT2D eigenvalue weighted by Crippen LogP contribution is 2.31.